The SMILES string of the molecule is CC(C)c1nn(C)c(N2CCOCC2)c1CNCC(O)CN1CCc2ccccc2C1. The van der Waals surface area contributed by atoms with Crippen LogP contribution in [0.2, 0.25) is 0 Å². The van der Waals surface area contributed by atoms with E-state index in [2.05, 4.69) is 53.2 Å². The summed E-state index contributed by atoms with van der Waals surface area (Å²) in [6, 6.07) is 8.64. The molecule has 2 aromatic rings. The molecule has 1 unspecified atom stereocenters. The van der Waals surface area contributed by atoms with Crippen LogP contribution in [0.4, 0.5) is 5.82 Å². The van der Waals surface area contributed by atoms with Crippen LogP contribution in [0, 0.1) is 0 Å². The van der Waals surface area contributed by atoms with Crippen molar-refractivity contribution in [2.24, 2.45) is 7.05 Å². The highest BCUT2D eigenvalue weighted by Crippen LogP contribution is 2.29. The van der Waals surface area contributed by atoms with Gasteiger partial charge in [-0.05, 0) is 23.5 Å². The summed E-state index contributed by atoms with van der Waals surface area (Å²) in [4.78, 5) is 4.73. The second-order valence-electron chi connectivity index (χ2n) is 9.10. The number of rotatable bonds is 8. The highest BCUT2D eigenvalue weighted by atomic mass is 16.5. The van der Waals surface area contributed by atoms with Crippen LogP contribution in [0.1, 0.15) is 42.1 Å². The van der Waals surface area contributed by atoms with Crippen molar-refractivity contribution in [1.82, 2.24) is 20.0 Å². The van der Waals surface area contributed by atoms with Crippen LogP contribution in [-0.4, -0.2) is 71.8 Å². The molecule has 2 aliphatic heterocycles. The molecule has 7 nitrogen and oxygen atoms in total. The summed E-state index contributed by atoms with van der Waals surface area (Å²) < 4.78 is 7.55. The molecule has 1 aromatic heterocycles. The average molecular weight is 428 g/mol. The van der Waals surface area contributed by atoms with Gasteiger partial charge in [0.05, 0.1) is 25.0 Å². The summed E-state index contributed by atoms with van der Waals surface area (Å²) in [5.74, 6) is 1.54. The van der Waals surface area contributed by atoms with E-state index in [1.165, 1.54) is 22.5 Å². The molecule has 3 heterocycles. The van der Waals surface area contributed by atoms with Gasteiger partial charge in [0.1, 0.15) is 5.82 Å². The third-order valence-electron chi connectivity index (χ3n) is 6.36. The Hall–Kier alpha value is -1.93. The highest BCUT2D eigenvalue weighted by molar-refractivity contribution is 5.51. The fourth-order valence-corrected chi connectivity index (χ4v) is 4.82. The van der Waals surface area contributed by atoms with E-state index in [0.717, 1.165) is 51.5 Å². The van der Waals surface area contributed by atoms with Gasteiger partial charge in [-0.3, -0.25) is 9.58 Å². The Labute approximate surface area is 186 Å². The fraction of sp³-hybridized carbons (Fsp3) is 0.625. The van der Waals surface area contributed by atoms with E-state index in [4.69, 9.17) is 9.84 Å². The van der Waals surface area contributed by atoms with Gasteiger partial charge >= 0.3 is 0 Å². The Balaban J connectivity index is 1.34. The predicted molar refractivity (Wildman–Crippen MR) is 123 cm³/mol. The number of β-amino-alcohol motifs (C(OH)–C–C–N with tert-alkyl or cyclic N) is 1. The summed E-state index contributed by atoms with van der Waals surface area (Å²) in [5, 5.41) is 19.0. The summed E-state index contributed by atoms with van der Waals surface area (Å²) in [7, 11) is 2.03. The summed E-state index contributed by atoms with van der Waals surface area (Å²) >= 11 is 0. The van der Waals surface area contributed by atoms with Crippen LogP contribution in [0.3, 0.4) is 0 Å². The molecular weight excluding hydrogens is 390 g/mol. The van der Waals surface area contributed by atoms with E-state index in [1.54, 1.807) is 0 Å². The topological polar surface area (TPSA) is 65.8 Å². The van der Waals surface area contributed by atoms with E-state index in [0.29, 0.717) is 25.6 Å². The molecule has 0 saturated carbocycles. The van der Waals surface area contributed by atoms with Gasteiger partial charge in [-0.25, -0.2) is 0 Å². The van der Waals surface area contributed by atoms with E-state index in [-0.39, 0.29) is 0 Å². The number of hydrogen-bond donors (Lipinski definition) is 2. The van der Waals surface area contributed by atoms with Crippen molar-refractivity contribution in [2.45, 2.75) is 45.4 Å². The van der Waals surface area contributed by atoms with Crippen LogP contribution in [0.15, 0.2) is 24.3 Å². The maximum absolute atomic E-state index is 10.7. The Morgan fingerprint density at radius 1 is 1.13 bits per heavy atom. The second kappa shape index (κ2) is 10.1. The second-order valence-corrected chi connectivity index (χ2v) is 9.10. The molecule has 1 aromatic carbocycles. The number of morpholine rings is 1. The van der Waals surface area contributed by atoms with Crippen molar-refractivity contribution < 1.29 is 9.84 Å². The van der Waals surface area contributed by atoms with Gasteiger partial charge in [0.25, 0.3) is 0 Å². The quantitative estimate of drug-likeness (QED) is 0.671. The van der Waals surface area contributed by atoms with Crippen LogP contribution in [-0.2, 0) is 31.3 Å². The fourth-order valence-electron chi connectivity index (χ4n) is 4.82. The Morgan fingerprint density at radius 2 is 1.87 bits per heavy atom. The molecule has 170 valence electrons. The maximum Gasteiger partial charge on any atom is 0.131 e. The molecule has 0 aliphatic carbocycles. The molecule has 0 amide bonds. The number of benzene rings is 1. The number of aryl methyl sites for hydroxylation is 1. The molecule has 1 saturated heterocycles. The average Bonchev–Trinajstić information content (AvgIpc) is 3.10. The van der Waals surface area contributed by atoms with Gasteiger partial charge < -0.3 is 20.1 Å². The first-order chi connectivity index (χ1) is 15.0. The number of fused-ring (bicyclic) bond motifs is 1. The summed E-state index contributed by atoms with van der Waals surface area (Å²) in [6.45, 7) is 11.6. The van der Waals surface area contributed by atoms with Crippen molar-refractivity contribution in [2.75, 3.05) is 50.8 Å². The smallest absolute Gasteiger partial charge is 0.131 e. The molecule has 2 aliphatic rings. The Kier molecular flexibility index (Phi) is 7.27. The molecule has 1 atom stereocenters. The number of hydrogen-bond acceptors (Lipinski definition) is 6. The monoisotopic (exact) mass is 427 g/mol. The molecule has 0 bridgehead atoms. The number of aliphatic hydroxyl groups excluding tert-OH is 1. The molecular formula is C24H37N5O2. The molecule has 0 radical (unpaired) electrons. The van der Waals surface area contributed by atoms with E-state index >= 15 is 0 Å². The maximum atomic E-state index is 10.7. The number of aromatic nitrogens is 2. The van der Waals surface area contributed by atoms with Gasteiger partial charge in [0, 0.05) is 58.4 Å². The predicted octanol–water partition coefficient (Wildman–Crippen LogP) is 1.89. The number of ether oxygens (including phenoxy) is 1. The lowest BCUT2D eigenvalue weighted by Crippen LogP contribution is -2.41. The molecule has 2 N–H and O–H groups in total. The van der Waals surface area contributed by atoms with E-state index in [1.807, 2.05) is 11.7 Å². The van der Waals surface area contributed by atoms with Gasteiger partial charge in [-0.15, -0.1) is 0 Å². The zero-order valence-corrected chi connectivity index (χ0v) is 19.2. The minimum atomic E-state index is -0.392. The minimum absolute atomic E-state index is 0.358. The minimum Gasteiger partial charge on any atom is -0.390 e. The van der Waals surface area contributed by atoms with Crippen molar-refractivity contribution in [3.8, 4) is 0 Å². The normalized spacial score (nSPS) is 18.4. The van der Waals surface area contributed by atoms with Gasteiger partial charge in [0.15, 0.2) is 0 Å². The van der Waals surface area contributed by atoms with Crippen LogP contribution in [0.25, 0.3) is 0 Å². The van der Waals surface area contributed by atoms with Crippen molar-refractivity contribution >= 4 is 5.82 Å². The third kappa shape index (κ3) is 5.29. The van der Waals surface area contributed by atoms with Gasteiger partial charge in [0.2, 0.25) is 0 Å². The molecule has 4 rings (SSSR count). The Bertz CT molecular complexity index is 860. The lowest BCUT2D eigenvalue weighted by molar-refractivity contribution is 0.104. The largest absolute Gasteiger partial charge is 0.390 e. The molecule has 31 heavy (non-hydrogen) atoms. The van der Waals surface area contributed by atoms with Crippen molar-refractivity contribution in [3.63, 3.8) is 0 Å². The Morgan fingerprint density at radius 3 is 2.61 bits per heavy atom. The molecule has 7 heteroatoms. The van der Waals surface area contributed by atoms with E-state index < -0.39 is 6.10 Å². The van der Waals surface area contributed by atoms with Crippen LogP contribution in [0.5, 0.6) is 0 Å². The molecule has 0 spiro atoms. The lowest BCUT2D eigenvalue weighted by Gasteiger charge is -2.31. The van der Waals surface area contributed by atoms with E-state index in [9.17, 15) is 5.11 Å². The zero-order chi connectivity index (χ0) is 21.8. The van der Waals surface area contributed by atoms with Crippen molar-refractivity contribution in [1.29, 1.82) is 0 Å². The number of nitrogens with one attached hydrogen (secondary N) is 1. The van der Waals surface area contributed by atoms with Crippen LogP contribution >= 0.6 is 0 Å². The first-order valence-corrected chi connectivity index (χ1v) is 11.6. The van der Waals surface area contributed by atoms with Gasteiger partial charge in [-0.2, -0.15) is 5.10 Å². The van der Waals surface area contributed by atoms with Gasteiger partial charge in [-0.1, -0.05) is 38.1 Å². The molecule has 1 fully saturated rings. The first-order valence-electron chi connectivity index (χ1n) is 11.6. The highest BCUT2D eigenvalue weighted by Gasteiger charge is 2.24. The third-order valence-corrected chi connectivity index (χ3v) is 6.36. The number of nitrogens with zero attached hydrogens (tertiary/aromatic N) is 4. The zero-order valence-electron chi connectivity index (χ0n) is 19.2. The van der Waals surface area contributed by atoms with Crippen molar-refractivity contribution in [3.05, 3.63) is 46.6 Å². The lowest BCUT2D eigenvalue weighted by atomic mass is 10.00. The standard InChI is InChI=1S/C24H37N5O2/c1-18(2)23-22(24(27(3)26-23)29-10-12-31-13-11-29)15-25-14-21(30)17-28-9-8-19-6-4-5-7-20(19)16-28/h4-7,18,21,25,30H,8-17H2,1-3H3. The van der Waals surface area contributed by atoms with Crippen LogP contribution < -0.4 is 10.2 Å². The summed E-state index contributed by atoms with van der Waals surface area (Å²) in [5.41, 5.74) is 5.22. The number of aliphatic hydroxyl groups is 1. The first kappa shape index (κ1) is 22.3. The number of anilines is 1. The summed E-state index contributed by atoms with van der Waals surface area (Å²) in [6.07, 6.45) is 0.670.